The van der Waals surface area contributed by atoms with Gasteiger partial charge in [0, 0.05) is 24.5 Å². The lowest BCUT2D eigenvalue weighted by atomic mass is 10.1. The normalized spacial score (nSPS) is 13.4. The number of hydrogen-bond acceptors (Lipinski definition) is 2. The first-order chi connectivity index (χ1) is 10.3. The van der Waals surface area contributed by atoms with Crippen molar-refractivity contribution in [1.29, 1.82) is 0 Å². The fourth-order valence-electron chi connectivity index (χ4n) is 3.58. The van der Waals surface area contributed by atoms with Gasteiger partial charge in [-0.15, -0.1) is 11.5 Å². The highest BCUT2D eigenvalue weighted by Gasteiger charge is 2.41. The van der Waals surface area contributed by atoms with Gasteiger partial charge in [-0.2, -0.15) is 0 Å². The summed E-state index contributed by atoms with van der Waals surface area (Å²) < 4.78 is 0. The van der Waals surface area contributed by atoms with E-state index in [0.29, 0.717) is 22.5 Å². The second kappa shape index (κ2) is 8.48. The molecule has 3 heteroatoms. The largest absolute Gasteiger partial charge is 0.261 e. The Kier molecular flexibility index (Phi) is 7.29. The minimum Gasteiger partial charge on any atom is -0.261 e. The Morgan fingerprint density at radius 1 is 0.955 bits per heavy atom. The Hall–Kier alpha value is -1.14. The molecule has 0 aliphatic heterocycles. The summed E-state index contributed by atoms with van der Waals surface area (Å²) >= 11 is 0. The van der Waals surface area contributed by atoms with Crippen LogP contribution in [0.1, 0.15) is 60.6 Å². The molecule has 1 aromatic heterocycles. The van der Waals surface area contributed by atoms with Gasteiger partial charge in [-0.1, -0.05) is 48.5 Å². The van der Waals surface area contributed by atoms with Crippen LogP contribution < -0.4 is 0 Å². The van der Waals surface area contributed by atoms with Crippen LogP contribution in [-0.4, -0.2) is 18.0 Å². The molecule has 22 heavy (non-hydrogen) atoms. The Balaban J connectivity index is 2.80. The van der Waals surface area contributed by atoms with E-state index in [4.69, 9.17) is 0 Å². The van der Waals surface area contributed by atoms with Crippen molar-refractivity contribution >= 4 is 8.07 Å². The summed E-state index contributed by atoms with van der Waals surface area (Å²) in [7, 11) is -1.59. The number of aromatic nitrogens is 2. The standard InChI is InChI=1S/C19H32N2Si/c1-15(2)22(16(3)4,17(5)6)13-10-18(7)8-9-19-14-20-11-12-21-19/h11-12,14-18H,8-9H2,1-7H3. The molecular weight excluding hydrogens is 284 g/mol. The predicted molar refractivity (Wildman–Crippen MR) is 98.3 cm³/mol. The van der Waals surface area contributed by atoms with Crippen molar-refractivity contribution in [2.24, 2.45) is 5.92 Å². The first kappa shape index (κ1) is 18.9. The Bertz CT molecular complexity index is 475. The highest BCUT2D eigenvalue weighted by atomic mass is 28.3. The van der Waals surface area contributed by atoms with E-state index in [1.807, 2.05) is 6.20 Å². The zero-order valence-corrected chi connectivity index (χ0v) is 16.4. The molecule has 0 saturated heterocycles. The van der Waals surface area contributed by atoms with Gasteiger partial charge in [0.1, 0.15) is 8.07 Å². The van der Waals surface area contributed by atoms with E-state index < -0.39 is 8.07 Å². The van der Waals surface area contributed by atoms with Crippen LogP contribution in [0.15, 0.2) is 18.6 Å². The molecule has 0 aliphatic rings. The fourth-order valence-corrected chi connectivity index (χ4v) is 8.94. The molecule has 2 nitrogen and oxygen atoms in total. The van der Waals surface area contributed by atoms with Crippen molar-refractivity contribution in [3.63, 3.8) is 0 Å². The SMILES string of the molecule is CC(C#C[Si](C(C)C)(C(C)C)C(C)C)CCc1cnccn1. The van der Waals surface area contributed by atoms with Crippen molar-refractivity contribution in [3.05, 3.63) is 24.3 Å². The van der Waals surface area contributed by atoms with Crippen LogP contribution in [0.5, 0.6) is 0 Å². The van der Waals surface area contributed by atoms with Crippen molar-refractivity contribution < 1.29 is 0 Å². The Labute approximate surface area is 138 Å². The maximum atomic E-state index is 4.34. The monoisotopic (exact) mass is 316 g/mol. The molecule has 0 aromatic carbocycles. The molecule has 0 fully saturated rings. The number of rotatable bonds is 6. The highest BCUT2D eigenvalue weighted by Crippen LogP contribution is 2.40. The summed E-state index contributed by atoms with van der Waals surface area (Å²) in [5.74, 6) is 4.02. The average Bonchev–Trinajstić information content (AvgIpc) is 2.45. The molecule has 0 bridgehead atoms. The van der Waals surface area contributed by atoms with Gasteiger partial charge in [-0.3, -0.25) is 9.97 Å². The smallest absolute Gasteiger partial charge is 0.145 e. The fraction of sp³-hybridized carbons (Fsp3) is 0.684. The molecule has 0 N–H and O–H groups in total. The van der Waals surface area contributed by atoms with E-state index in [-0.39, 0.29) is 0 Å². The first-order valence-corrected chi connectivity index (χ1v) is 10.8. The quantitative estimate of drug-likeness (QED) is 0.528. The summed E-state index contributed by atoms with van der Waals surface area (Å²) in [4.78, 5) is 8.47. The van der Waals surface area contributed by atoms with E-state index in [2.05, 4.69) is 69.9 Å². The molecule has 1 aromatic rings. The third-order valence-electron chi connectivity index (χ3n) is 4.85. The lowest BCUT2D eigenvalue weighted by Crippen LogP contribution is -2.43. The van der Waals surface area contributed by atoms with Gasteiger partial charge in [0.05, 0.1) is 5.69 Å². The number of aryl methyl sites for hydroxylation is 1. The van der Waals surface area contributed by atoms with Crippen LogP contribution in [0.2, 0.25) is 16.6 Å². The minimum atomic E-state index is -1.59. The molecule has 0 aliphatic carbocycles. The van der Waals surface area contributed by atoms with Crippen LogP contribution in [0.4, 0.5) is 0 Å². The Morgan fingerprint density at radius 3 is 2.00 bits per heavy atom. The molecule has 122 valence electrons. The third-order valence-corrected chi connectivity index (χ3v) is 11.2. The molecule has 1 heterocycles. The van der Waals surface area contributed by atoms with Gasteiger partial charge in [0.25, 0.3) is 0 Å². The lowest BCUT2D eigenvalue weighted by molar-refractivity contribution is 0.657. The second-order valence-electron chi connectivity index (χ2n) is 7.30. The summed E-state index contributed by atoms with van der Waals surface area (Å²) in [6.45, 7) is 16.4. The van der Waals surface area contributed by atoms with Crippen LogP contribution in [-0.2, 0) is 6.42 Å². The molecule has 1 atom stereocenters. The van der Waals surface area contributed by atoms with Crippen molar-refractivity contribution in [2.75, 3.05) is 0 Å². The second-order valence-corrected chi connectivity index (χ2v) is 12.9. The summed E-state index contributed by atoms with van der Waals surface area (Å²) in [5, 5.41) is 0. The number of hydrogen-bond donors (Lipinski definition) is 0. The third kappa shape index (κ3) is 4.68. The van der Waals surface area contributed by atoms with E-state index >= 15 is 0 Å². The molecular formula is C19H32N2Si. The van der Waals surface area contributed by atoms with Gasteiger partial charge < -0.3 is 0 Å². The van der Waals surface area contributed by atoms with Crippen molar-refractivity contribution in [3.8, 4) is 11.5 Å². The van der Waals surface area contributed by atoms with Gasteiger partial charge in [0.2, 0.25) is 0 Å². The van der Waals surface area contributed by atoms with E-state index in [1.165, 1.54) is 0 Å². The van der Waals surface area contributed by atoms with E-state index in [1.54, 1.807) is 12.4 Å². The number of nitrogens with zero attached hydrogens (tertiary/aromatic N) is 2. The zero-order chi connectivity index (χ0) is 16.8. The average molecular weight is 317 g/mol. The predicted octanol–water partition coefficient (Wildman–Crippen LogP) is 5.27. The first-order valence-electron chi connectivity index (χ1n) is 8.58. The lowest BCUT2D eigenvalue weighted by Gasteiger charge is -2.38. The van der Waals surface area contributed by atoms with Crippen LogP contribution >= 0.6 is 0 Å². The molecule has 1 unspecified atom stereocenters. The summed E-state index contributed by atoms with van der Waals surface area (Å²) in [5.41, 5.74) is 6.99. The maximum absolute atomic E-state index is 4.34. The Morgan fingerprint density at radius 2 is 1.55 bits per heavy atom. The van der Waals surface area contributed by atoms with Crippen molar-refractivity contribution in [2.45, 2.75) is 77.9 Å². The topological polar surface area (TPSA) is 25.8 Å². The summed E-state index contributed by atoms with van der Waals surface area (Å²) in [6, 6.07) is 0. The molecule has 0 saturated carbocycles. The van der Waals surface area contributed by atoms with E-state index in [9.17, 15) is 0 Å². The van der Waals surface area contributed by atoms with Gasteiger partial charge in [-0.25, -0.2) is 0 Å². The van der Waals surface area contributed by atoms with Crippen LogP contribution in [0.25, 0.3) is 0 Å². The molecule has 0 spiro atoms. The van der Waals surface area contributed by atoms with Crippen molar-refractivity contribution in [1.82, 2.24) is 9.97 Å². The van der Waals surface area contributed by atoms with Gasteiger partial charge >= 0.3 is 0 Å². The van der Waals surface area contributed by atoms with Gasteiger partial charge in [-0.05, 0) is 29.5 Å². The molecule has 1 rings (SSSR count). The van der Waals surface area contributed by atoms with E-state index in [0.717, 1.165) is 18.5 Å². The minimum absolute atomic E-state index is 0.421. The zero-order valence-electron chi connectivity index (χ0n) is 15.4. The summed E-state index contributed by atoms with van der Waals surface area (Å²) in [6.07, 6.45) is 7.36. The molecule has 0 amide bonds. The molecule has 0 radical (unpaired) electrons. The maximum Gasteiger partial charge on any atom is 0.145 e. The van der Waals surface area contributed by atoms with Crippen LogP contribution in [0, 0.1) is 17.4 Å². The van der Waals surface area contributed by atoms with Crippen LogP contribution in [0.3, 0.4) is 0 Å². The van der Waals surface area contributed by atoms with Gasteiger partial charge in [0.15, 0.2) is 0 Å². The highest BCUT2D eigenvalue weighted by molar-refractivity contribution is 6.90.